The van der Waals surface area contributed by atoms with E-state index in [9.17, 15) is 0 Å². The van der Waals surface area contributed by atoms with Crippen molar-refractivity contribution in [3.8, 4) is 5.75 Å². The molecule has 0 aliphatic rings. The first-order valence-electron chi connectivity index (χ1n) is 7.70. The van der Waals surface area contributed by atoms with Crippen LogP contribution in [0.4, 0.5) is 5.69 Å². The second-order valence-electron chi connectivity index (χ2n) is 5.23. The Balaban J connectivity index is 1.89. The highest BCUT2D eigenvalue weighted by Crippen LogP contribution is 2.17. The minimum Gasteiger partial charge on any atom is -0.497 e. The van der Waals surface area contributed by atoms with Crippen molar-refractivity contribution in [1.29, 1.82) is 0 Å². The third kappa shape index (κ3) is 5.21. The molecule has 2 aromatic rings. The lowest BCUT2D eigenvalue weighted by atomic mass is 10.1. The highest BCUT2D eigenvalue weighted by atomic mass is 16.5. The Hall–Kier alpha value is -2.35. The molecule has 2 nitrogen and oxygen atoms in total. The van der Waals surface area contributed by atoms with Crippen molar-refractivity contribution in [3.63, 3.8) is 0 Å². The second kappa shape index (κ2) is 8.83. The van der Waals surface area contributed by atoms with E-state index in [2.05, 4.69) is 35.8 Å². The summed E-state index contributed by atoms with van der Waals surface area (Å²) >= 11 is 0. The molecular weight excluding hydrogens is 270 g/mol. The molecule has 0 N–H and O–H groups in total. The number of hydrogen-bond donors (Lipinski definition) is 0. The highest BCUT2D eigenvalue weighted by molar-refractivity contribution is 5.81. The van der Waals surface area contributed by atoms with Crippen LogP contribution in [0.2, 0.25) is 0 Å². The van der Waals surface area contributed by atoms with Gasteiger partial charge in [-0.2, -0.15) is 0 Å². The number of aryl methyl sites for hydroxylation is 1. The van der Waals surface area contributed by atoms with Crippen LogP contribution in [0.5, 0.6) is 5.75 Å². The van der Waals surface area contributed by atoms with E-state index in [1.807, 2.05) is 36.6 Å². The van der Waals surface area contributed by atoms with Crippen LogP contribution in [0.25, 0.3) is 0 Å². The first-order chi connectivity index (χ1) is 10.8. The number of allylic oxidation sites excluding steroid dienone is 1. The molecule has 0 atom stereocenters. The number of benzene rings is 2. The van der Waals surface area contributed by atoms with E-state index < -0.39 is 0 Å². The van der Waals surface area contributed by atoms with E-state index in [1.54, 1.807) is 7.11 Å². The predicted octanol–water partition coefficient (Wildman–Crippen LogP) is 5.34. The third-order valence-electron chi connectivity index (χ3n) is 3.54. The molecule has 22 heavy (non-hydrogen) atoms. The first-order valence-corrected chi connectivity index (χ1v) is 7.70. The number of nitrogens with zero attached hydrogens (tertiary/aromatic N) is 1. The molecule has 0 heterocycles. The summed E-state index contributed by atoms with van der Waals surface area (Å²) in [6, 6.07) is 16.3. The van der Waals surface area contributed by atoms with Crippen molar-refractivity contribution in [3.05, 3.63) is 72.3 Å². The van der Waals surface area contributed by atoms with Gasteiger partial charge in [0.05, 0.1) is 12.8 Å². The molecule has 0 aliphatic heterocycles. The zero-order valence-corrected chi connectivity index (χ0v) is 13.2. The summed E-state index contributed by atoms with van der Waals surface area (Å²) in [5.41, 5.74) is 3.42. The third-order valence-corrected chi connectivity index (χ3v) is 3.54. The zero-order valence-electron chi connectivity index (χ0n) is 13.2. The number of unbranched alkanes of at least 4 members (excludes halogenated alkanes) is 2. The molecule has 0 spiro atoms. The summed E-state index contributed by atoms with van der Waals surface area (Å²) in [6.07, 6.45) is 8.54. The van der Waals surface area contributed by atoms with Gasteiger partial charge in [0, 0.05) is 6.21 Å². The SMILES string of the molecule is C=CCCCCc1ccc(C=Nc2ccc(OC)cc2)cc1. The Morgan fingerprint density at radius 1 is 1.00 bits per heavy atom. The van der Waals surface area contributed by atoms with Crippen LogP contribution in [-0.2, 0) is 6.42 Å². The van der Waals surface area contributed by atoms with E-state index in [0.717, 1.165) is 29.8 Å². The summed E-state index contributed by atoms with van der Waals surface area (Å²) in [6.45, 7) is 3.75. The van der Waals surface area contributed by atoms with Crippen molar-refractivity contribution in [1.82, 2.24) is 0 Å². The molecule has 114 valence electrons. The average molecular weight is 293 g/mol. The normalized spacial score (nSPS) is 10.8. The maximum Gasteiger partial charge on any atom is 0.119 e. The molecule has 2 heteroatoms. The molecule has 0 bridgehead atoms. The van der Waals surface area contributed by atoms with Crippen LogP contribution in [0.3, 0.4) is 0 Å². The van der Waals surface area contributed by atoms with Crippen molar-refractivity contribution in [2.24, 2.45) is 4.99 Å². The second-order valence-corrected chi connectivity index (χ2v) is 5.23. The average Bonchev–Trinajstić information content (AvgIpc) is 2.58. The van der Waals surface area contributed by atoms with Gasteiger partial charge in [-0.3, -0.25) is 4.99 Å². The van der Waals surface area contributed by atoms with Crippen LogP contribution in [0.15, 0.2) is 66.2 Å². The zero-order chi connectivity index (χ0) is 15.6. The van der Waals surface area contributed by atoms with Gasteiger partial charge in [-0.1, -0.05) is 30.3 Å². The van der Waals surface area contributed by atoms with Crippen molar-refractivity contribution in [2.45, 2.75) is 25.7 Å². The molecule has 2 rings (SSSR count). The summed E-state index contributed by atoms with van der Waals surface area (Å²) in [4.78, 5) is 4.48. The van der Waals surface area contributed by atoms with Crippen molar-refractivity contribution < 1.29 is 4.74 Å². The number of hydrogen-bond acceptors (Lipinski definition) is 2. The quantitative estimate of drug-likeness (QED) is 0.365. The highest BCUT2D eigenvalue weighted by Gasteiger charge is 1.95. The van der Waals surface area contributed by atoms with Gasteiger partial charge in [0.25, 0.3) is 0 Å². The van der Waals surface area contributed by atoms with E-state index >= 15 is 0 Å². The largest absolute Gasteiger partial charge is 0.497 e. The maximum absolute atomic E-state index is 5.14. The lowest BCUT2D eigenvalue weighted by Crippen LogP contribution is -1.87. The van der Waals surface area contributed by atoms with E-state index in [-0.39, 0.29) is 0 Å². The van der Waals surface area contributed by atoms with Gasteiger partial charge in [0.15, 0.2) is 0 Å². The minimum atomic E-state index is 0.847. The fourth-order valence-corrected chi connectivity index (χ4v) is 2.21. The molecule has 0 saturated carbocycles. The van der Waals surface area contributed by atoms with Crippen molar-refractivity contribution >= 4 is 11.9 Å². The molecule has 0 amide bonds. The molecule has 0 aromatic heterocycles. The van der Waals surface area contributed by atoms with Gasteiger partial charge in [0.2, 0.25) is 0 Å². The number of ether oxygens (including phenoxy) is 1. The first kappa shape index (κ1) is 16.0. The monoisotopic (exact) mass is 293 g/mol. The molecule has 2 aromatic carbocycles. The fraction of sp³-hybridized carbons (Fsp3) is 0.250. The Kier molecular flexibility index (Phi) is 6.43. The van der Waals surface area contributed by atoms with Gasteiger partial charge in [-0.05, 0) is 61.1 Å². The van der Waals surface area contributed by atoms with Gasteiger partial charge in [0.1, 0.15) is 5.75 Å². The van der Waals surface area contributed by atoms with E-state index in [1.165, 1.54) is 18.4 Å². The minimum absolute atomic E-state index is 0.847. The Morgan fingerprint density at radius 2 is 1.73 bits per heavy atom. The number of methoxy groups -OCH3 is 1. The molecule has 0 saturated heterocycles. The van der Waals surface area contributed by atoms with E-state index in [4.69, 9.17) is 4.74 Å². The summed E-state index contributed by atoms with van der Waals surface area (Å²) < 4.78 is 5.14. The molecule has 0 radical (unpaired) electrons. The standard InChI is InChI=1S/C20H23NO/c1-3-4-5-6-7-17-8-10-18(11-9-17)16-21-19-12-14-20(22-2)15-13-19/h3,8-16H,1,4-7H2,2H3. The Morgan fingerprint density at radius 3 is 2.36 bits per heavy atom. The van der Waals surface area contributed by atoms with Crippen molar-refractivity contribution in [2.75, 3.05) is 7.11 Å². The van der Waals surface area contributed by atoms with Crippen LogP contribution >= 0.6 is 0 Å². The van der Waals surface area contributed by atoms with Gasteiger partial charge >= 0.3 is 0 Å². The lowest BCUT2D eigenvalue weighted by molar-refractivity contribution is 0.415. The number of rotatable bonds is 8. The van der Waals surface area contributed by atoms with Gasteiger partial charge in [-0.25, -0.2) is 0 Å². The lowest BCUT2D eigenvalue weighted by Gasteiger charge is -2.01. The Labute approximate surface area is 133 Å². The Bertz CT molecular complexity index is 597. The van der Waals surface area contributed by atoms with Crippen LogP contribution < -0.4 is 4.74 Å². The van der Waals surface area contributed by atoms with E-state index in [0.29, 0.717) is 0 Å². The topological polar surface area (TPSA) is 21.6 Å². The molecule has 0 unspecified atom stereocenters. The van der Waals surface area contributed by atoms with Crippen LogP contribution in [0.1, 0.15) is 30.4 Å². The van der Waals surface area contributed by atoms with Gasteiger partial charge < -0.3 is 4.74 Å². The molecule has 0 aliphatic carbocycles. The summed E-state index contributed by atoms with van der Waals surface area (Å²) in [7, 11) is 1.66. The number of aliphatic imine (C=N–C) groups is 1. The summed E-state index contributed by atoms with van der Waals surface area (Å²) in [5, 5.41) is 0. The smallest absolute Gasteiger partial charge is 0.119 e. The molecule has 0 fully saturated rings. The maximum atomic E-state index is 5.14. The van der Waals surface area contributed by atoms with Gasteiger partial charge in [-0.15, -0.1) is 6.58 Å². The predicted molar refractivity (Wildman–Crippen MR) is 94.4 cm³/mol. The fourth-order valence-electron chi connectivity index (χ4n) is 2.21. The van der Waals surface area contributed by atoms with Crippen LogP contribution in [-0.4, -0.2) is 13.3 Å². The summed E-state index contributed by atoms with van der Waals surface area (Å²) in [5.74, 6) is 0.847. The van der Waals surface area contributed by atoms with Crippen LogP contribution in [0, 0.1) is 0 Å². The molecular formula is C20H23NO.